The van der Waals surface area contributed by atoms with E-state index >= 15 is 0 Å². The number of nitrogens with zero attached hydrogens (tertiary/aromatic N) is 4. The molecule has 2 aromatic rings. The van der Waals surface area contributed by atoms with Crippen molar-refractivity contribution < 1.29 is 4.39 Å². The van der Waals surface area contributed by atoms with Crippen LogP contribution in [0, 0.1) is 23.6 Å². The van der Waals surface area contributed by atoms with Crippen molar-refractivity contribution in [2.24, 2.45) is 17.8 Å². The van der Waals surface area contributed by atoms with E-state index in [1.807, 2.05) is 12.1 Å². The molecule has 0 spiro atoms. The van der Waals surface area contributed by atoms with Crippen molar-refractivity contribution in [2.75, 3.05) is 47.0 Å². The van der Waals surface area contributed by atoms with E-state index in [2.05, 4.69) is 25.1 Å². The van der Waals surface area contributed by atoms with Crippen molar-refractivity contribution in [1.82, 2.24) is 9.97 Å². The molecule has 5 fully saturated rings. The van der Waals surface area contributed by atoms with Crippen LogP contribution in [0.4, 0.5) is 27.4 Å². The fraction of sp³-hybridized carbons (Fsp3) is 0.583. The standard InChI is InChI=1S/C24H31FN6/c25-19-1-3-20(4-2-19)30-5-7-31(8-6-30)23-21(26)22(27-15-28-23)29-24-12-16-9-17(13-24)11-18(10-16)14-24/h1-4,15-18H,5-14,26H2,(H,27,28,29). The summed E-state index contributed by atoms with van der Waals surface area (Å²) in [5.74, 6) is 4.08. The smallest absolute Gasteiger partial charge is 0.157 e. The molecule has 3 N–H and O–H groups in total. The van der Waals surface area contributed by atoms with Gasteiger partial charge in [0.05, 0.1) is 0 Å². The number of nitrogen functional groups attached to an aromatic ring is 1. The number of hydrogen-bond acceptors (Lipinski definition) is 6. The highest BCUT2D eigenvalue weighted by molar-refractivity contribution is 5.75. The number of benzene rings is 1. The first-order valence-corrected chi connectivity index (χ1v) is 11.7. The van der Waals surface area contributed by atoms with Crippen LogP contribution in [0.5, 0.6) is 0 Å². The predicted octanol–water partition coefficient (Wildman–Crippen LogP) is 3.91. The van der Waals surface area contributed by atoms with Gasteiger partial charge in [0, 0.05) is 37.4 Å². The van der Waals surface area contributed by atoms with E-state index < -0.39 is 0 Å². The molecule has 4 aliphatic carbocycles. The summed E-state index contributed by atoms with van der Waals surface area (Å²) in [6.07, 6.45) is 9.69. The monoisotopic (exact) mass is 422 g/mol. The molecule has 4 bridgehead atoms. The van der Waals surface area contributed by atoms with Crippen LogP contribution in [0.3, 0.4) is 0 Å². The molecule has 0 radical (unpaired) electrons. The molecule has 1 aromatic carbocycles. The summed E-state index contributed by atoms with van der Waals surface area (Å²) in [7, 11) is 0. The van der Waals surface area contributed by atoms with Crippen LogP contribution < -0.4 is 20.9 Å². The van der Waals surface area contributed by atoms with E-state index in [0.29, 0.717) is 5.69 Å². The summed E-state index contributed by atoms with van der Waals surface area (Å²) in [4.78, 5) is 13.6. The van der Waals surface area contributed by atoms with Gasteiger partial charge in [-0.3, -0.25) is 0 Å². The molecule has 6 nitrogen and oxygen atoms in total. The fourth-order valence-corrected chi connectivity index (χ4v) is 7.08. The Kier molecular flexibility index (Phi) is 4.47. The molecule has 0 atom stereocenters. The van der Waals surface area contributed by atoms with Crippen molar-refractivity contribution in [3.8, 4) is 0 Å². The van der Waals surface area contributed by atoms with Crippen molar-refractivity contribution >= 4 is 23.0 Å². The molecule has 0 amide bonds. The third-order valence-electron chi connectivity index (χ3n) is 8.06. The average molecular weight is 423 g/mol. The SMILES string of the molecule is Nc1c(NC23CC4CC(CC(C4)C2)C3)ncnc1N1CCN(c2ccc(F)cc2)CC1. The zero-order valence-electron chi connectivity index (χ0n) is 17.9. The maximum Gasteiger partial charge on any atom is 0.157 e. The average Bonchev–Trinajstić information content (AvgIpc) is 2.75. The zero-order valence-corrected chi connectivity index (χ0v) is 17.9. The molecule has 7 rings (SSSR count). The van der Waals surface area contributed by atoms with Gasteiger partial charge in [-0.05, 0) is 80.5 Å². The number of hydrogen-bond donors (Lipinski definition) is 2. The van der Waals surface area contributed by atoms with E-state index in [0.717, 1.165) is 61.3 Å². The molecule has 4 saturated carbocycles. The minimum absolute atomic E-state index is 0.176. The summed E-state index contributed by atoms with van der Waals surface area (Å²) in [6, 6.07) is 6.73. The van der Waals surface area contributed by atoms with Gasteiger partial charge in [0.15, 0.2) is 11.6 Å². The van der Waals surface area contributed by atoms with Crippen LogP contribution in [0.15, 0.2) is 30.6 Å². The molecule has 2 heterocycles. The summed E-state index contributed by atoms with van der Waals surface area (Å²) in [5.41, 5.74) is 8.53. The molecule has 31 heavy (non-hydrogen) atoms. The lowest BCUT2D eigenvalue weighted by Crippen LogP contribution is -2.55. The molecule has 7 heteroatoms. The quantitative estimate of drug-likeness (QED) is 0.779. The summed E-state index contributed by atoms with van der Waals surface area (Å²) < 4.78 is 13.2. The third kappa shape index (κ3) is 3.48. The van der Waals surface area contributed by atoms with Crippen LogP contribution in [-0.2, 0) is 0 Å². The Morgan fingerprint density at radius 2 is 1.45 bits per heavy atom. The molecule has 1 saturated heterocycles. The van der Waals surface area contributed by atoms with Crippen LogP contribution in [-0.4, -0.2) is 41.7 Å². The van der Waals surface area contributed by atoms with Gasteiger partial charge in [-0.2, -0.15) is 0 Å². The molecule has 5 aliphatic rings. The van der Waals surface area contributed by atoms with Gasteiger partial charge in [-0.25, -0.2) is 14.4 Å². The number of aromatic nitrogens is 2. The zero-order chi connectivity index (χ0) is 21.0. The van der Waals surface area contributed by atoms with Gasteiger partial charge in [-0.15, -0.1) is 0 Å². The molecule has 0 unspecified atom stereocenters. The fourth-order valence-electron chi connectivity index (χ4n) is 7.08. The van der Waals surface area contributed by atoms with Gasteiger partial charge in [0.2, 0.25) is 0 Å². The first-order chi connectivity index (χ1) is 15.1. The second-order valence-corrected chi connectivity index (χ2v) is 10.2. The highest BCUT2D eigenvalue weighted by Gasteiger charge is 2.51. The van der Waals surface area contributed by atoms with Gasteiger partial charge >= 0.3 is 0 Å². The molecule has 164 valence electrons. The topological polar surface area (TPSA) is 70.3 Å². The van der Waals surface area contributed by atoms with E-state index in [4.69, 9.17) is 5.73 Å². The summed E-state index contributed by atoms with van der Waals surface area (Å²) in [6.45, 7) is 3.37. The number of halogens is 1. The van der Waals surface area contributed by atoms with Crippen LogP contribution >= 0.6 is 0 Å². The Bertz CT molecular complexity index is 918. The molecular formula is C24H31FN6. The lowest BCUT2D eigenvalue weighted by molar-refractivity contribution is 0.0106. The normalized spacial score (nSPS) is 31.8. The van der Waals surface area contributed by atoms with Crippen molar-refractivity contribution in [3.05, 3.63) is 36.4 Å². The van der Waals surface area contributed by atoms with Gasteiger partial charge < -0.3 is 20.9 Å². The van der Waals surface area contributed by atoms with Crippen LogP contribution in [0.1, 0.15) is 38.5 Å². The summed E-state index contributed by atoms with van der Waals surface area (Å²) >= 11 is 0. The number of rotatable bonds is 4. The van der Waals surface area contributed by atoms with Crippen LogP contribution in [0.25, 0.3) is 0 Å². The highest BCUT2D eigenvalue weighted by Crippen LogP contribution is 2.56. The van der Waals surface area contributed by atoms with Crippen molar-refractivity contribution in [2.45, 2.75) is 44.1 Å². The molecular weight excluding hydrogens is 391 g/mol. The Labute approximate surface area is 183 Å². The summed E-state index contributed by atoms with van der Waals surface area (Å²) in [5, 5.41) is 3.83. The van der Waals surface area contributed by atoms with E-state index in [-0.39, 0.29) is 11.4 Å². The minimum atomic E-state index is -0.199. The number of nitrogens with two attached hydrogens (primary N) is 1. The van der Waals surface area contributed by atoms with Gasteiger partial charge in [0.1, 0.15) is 17.8 Å². The molecule has 1 aliphatic heterocycles. The van der Waals surface area contributed by atoms with E-state index in [9.17, 15) is 4.39 Å². The largest absolute Gasteiger partial charge is 0.393 e. The maximum absolute atomic E-state index is 13.2. The second-order valence-electron chi connectivity index (χ2n) is 10.2. The minimum Gasteiger partial charge on any atom is -0.393 e. The van der Waals surface area contributed by atoms with Crippen molar-refractivity contribution in [1.29, 1.82) is 0 Å². The predicted molar refractivity (Wildman–Crippen MR) is 122 cm³/mol. The maximum atomic E-state index is 13.2. The Morgan fingerprint density at radius 1 is 0.871 bits per heavy atom. The van der Waals surface area contributed by atoms with Gasteiger partial charge in [-0.1, -0.05) is 0 Å². The second kappa shape index (κ2) is 7.24. The molecule has 1 aromatic heterocycles. The number of piperazine rings is 1. The lowest BCUT2D eigenvalue weighted by Gasteiger charge is -2.57. The lowest BCUT2D eigenvalue weighted by atomic mass is 9.53. The van der Waals surface area contributed by atoms with Gasteiger partial charge in [0.25, 0.3) is 0 Å². The highest BCUT2D eigenvalue weighted by atomic mass is 19.1. The number of anilines is 4. The van der Waals surface area contributed by atoms with Crippen molar-refractivity contribution in [3.63, 3.8) is 0 Å². The van der Waals surface area contributed by atoms with E-state index in [1.165, 1.54) is 50.7 Å². The number of nitrogens with one attached hydrogen (secondary N) is 1. The third-order valence-corrected chi connectivity index (χ3v) is 8.06. The van der Waals surface area contributed by atoms with Crippen LogP contribution in [0.2, 0.25) is 0 Å². The Morgan fingerprint density at radius 3 is 2.06 bits per heavy atom. The van der Waals surface area contributed by atoms with E-state index in [1.54, 1.807) is 6.33 Å². The first-order valence-electron chi connectivity index (χ1n) is 11.7. The Balaban J connectivity index is 1.17. The first kappa shape index (κ1) is 19.1. The Hall–Kier alpha value is -2.57.